The van der Waals surface area contributed by atoms with Crippen LogP contribution in [0.4, 0.5) is 0 Å². The Morgan fingerprint density at radius 1 is 1.18 bits per heavy atom. The van der Waals surface area contributed by atoms with E-state index < -0.39 is 9.84 Å². The highest BCUT2D eigenvalue weighted by atomic mass is 35.5. The van der Waals surface area contributed by atoms with Crippen molar-refractivity contribution in [2.75, 3.05) is 18.1 Å². The smallest absolute Gasteiger partial charge is 0.261 e. The molecular formula is C21H24ClNO4S. The fraction of sp³-hybridized carbons (Fsp3) is 0.381. The highest BCUT2D eigenvalue weighted by Gasteiger charge is 2.34. The minimum Gasteiger partial charge on any atom is -0.483 e. The highest BCUT2D eigenvalue weighted by Crippen LogP contribution is 2.23. The first kappa shape index (κ1) is 20.7. The number of carbonyl (C=O) groups excluding carboxylic acids is 1. The van der Waals surface area contributed by atoms with Crippen LogP contribution in [0, 0.1) is 13.8 Å². The van der Waals surface area contributed by atoms with Crippen LogP contribution in [0.25, 0.3) is 0 Å². The van der Waals surface area contributed by atoms with Gasteiger partial charge < -0.3 is 9.64 Å². The molecule has 1 saturated heterocycles. The summed E-state index contributed by atoms with van der Waals surface area (Å²) in [4.78, 5) is 14.6. The van der Waals surface area contributed by atoms with Crippen LogP contribution >= 0.6 is 11.6 Å². The standard InChI is InChI=1S/C21H24ClNO4S/c1-15-3-5-17(6-4-15)12-23(19-9-10-28(25,26)14-19)21(24)13-27-20-8-7-18(22)11-16(20)2/h3-8,11,19H,9-10,12-14H2,1-2H3. The molecule has 0 spiro atoms. The van der Waals surface area contributed by atoms with Crippen LogP contribution in [0.5, 0.6) is 5.75 Å². The maximum absolute atomic E-state index is 12.9. The van der Waals surface area contributed by atoms with Crippen LogP contribution in [0.15, 0.2) is 42.5 Å². The molecule has 28 heavy (non-hydrogen) atoms. The van der Waals surface area contributed by atoms with E-state index in [1.807, 2.05) is 38.1 Å². The molecule has 1 amide bonds. The Bertz CT molecular complexity index is 957. The van der Waals surface area contributed by atoms with Gasteiger partial charge in [0.1, 0.15) is 5.75 Å². The van der Waals surface area contributed by atoms with Crippen molar-refractivity contribution in [1.29, 1.82) is 0 Å². The van der Waals surface area contributed by atoms with E-state index in [2.05, 4.69) is 0 Å². The summed E-state index contributed by atoms with van der Waals surface area (Å²) in [6.45, 7) is 4.07. The van der Waals surface area contributed by atoms with Crippen molar-refractivity contribution >= 4 is 27.3 Å². The van der Waals surface area contributed by atoms with Gasteiger partial charge in [0.15, 0.2) is 16.4 Å². The van der Waals surface area contributed by atoms with E-state index in [-0.39, 0.29) is 30.1 Å². The molecule has 2 aromatic carbocycles. The van der Waals surface area contributed by atoms with Crippen molar-refractivity contribution in [2.24, 2.45) is 0 Å². The zero-order valence-corrected chi connectivity index (χ0v) is 17.6. The van der Waals surface area contributed by atoms with Crippen LogP contribution in [0.1, 0.15) is 23.1 Å². The fourth-order valence-electron chi connectivity index (χ4n) is 3.33. The first-order chi connectivity index (χ1) is 13.2. The molecule has 150 valence electrons. The van der Waals surface area contributed by atoms with Crippen molar-refractivity contribution in [3.05, 3.63) is 64.2 Å². The molecule has 1 aliphatic heterocycles. The number of halogens is 1. The number of rotatable bonds is 6. The number of sulfone groups is 1. The zero-order valence-electron chi connectivity index (χ0n) is 16.0. The quantitative estimate of drug-likeness (QED) is 0.715. The van der Waals surface area contributed by atoms with Gasteiger partial charge in [-0.1, -0.05) is 41.4 Å². The molecule has 1 atom stereocenters. The van der Waals surface area contributed by atoms with Gasteiger partial charge in [-0.3, -0.25) is 4.79 Å². The number of aryl methyl sites for hydroxylation is 2. The molecule has 0 saturated carbocycles. The van der Waals surface area contributed by atoms with Gasteiger partial charge in [-0.2, -0.15) is 0 Å². The van der Waals surface area contributed by atoms with Crippen LogP contribution in [-0.2, 0) is 21.2 Å². The molecule has 7 heteroatoms. The summed E-state index contributed by atoms with van der Waals surface area (Å²) >= 11 is 5.96. The fourth-order valence-corrected chi connectivity index (χ4v) is 5.29. The first-order valence-corrected chi connectivity index (χ1v) is 11.4. The summed E-state index contributed by atoms with van der Waals surface area (Å²) in [5.74, 6) is 0.487. The summed E-state index contributed by atoms with van der Waals surface area (Å²) in [6.07, 6.45) is 0.458. The normalized spacial score (nSPS) is 18.0. The molecule has 1 fully saturated rings. The SMILES string of the molecule is Cc1ccc(CN(C(=O)COc2ccc(Cl)cc2C)C2CCS(=O)(=O)C2)cc1. The van der Waals surface area contributed by atoms with E-state index in [0.717, 1.165) is 16.7 Å². The van der Waals surface area contributed by atoms with E-state index in [1.54, 1.807) is 23.1 Å². The molecule has 5 nitrogen and oxygen atoms in total. The lowest BCUT2D eigenvalue weighted by atomic mass is 10.1. The summed E-state index contributed by atoms with van der Waals surface area (Å²) in [5, 5.41) is 0.605. The summed E-state index contributed by atoms with van der Waals surface area (Å²) in [5.41, 5.74) is 2.94. The molecule has 0 aromatic heterocycles. The van der Waals surface area contributed by atoms with Crippen molar-refractivity contribution in [3.8, 4) is 5.75 Å². The second-order valence-corrected chi connectivity index (χ2v) is 9.93. The van der Waals surface area contributed by atoms with Gasteiger partial charge in [0.2, 0.25) is 0 Å². The Morgan fingerprint density at radius 2 is 1.89 bits per heavy atom. The van der Waals surface area contributed by atoms with Gasteiger partial charge in [0.05, 0.1) is 11.5 Å². The Balaban J connectivity index is 1.75. The van der Waals surface area contributed by atoms with Gasteiger partial charge in [-0.05, 0) is 49.6 Å². The van der Waals surface area contributed by atoms with E-state index in [9.17, 15) is 13.2 Å². The Hall–Kier alpha value is -2.05. The van der Waals surface area contributed by atoms with Gasteiger partial charge in [-0.25, -0.2) is 8.42 Å². The molecule has 1 aliphatic rings. The molecule has 3 rings (SSSR count). The Labute approximate surface area is 171 Å². The van der Waals surface area contributed by atoms with Crippen LogP contribution in [-0.4, -0.2) is 43.4 Å². The third-order valence-electron chi connectivity index (χ3n) is 4.93. The third-order valence-corrected chi connectivity index (χ3v) is 6.92. The predicted octanol–water partition coefficient (Wildman–Crippen LogP) is 3.55. The lowest BCUT2D eigenvalue weighted by molar-refractivity contribution is -0.136. The van der Waals surface area contributed by atoms with Gasteiger partial charge in [0, 0.05) is 17.6 Å². The van der Waals surface area contributed by atoms with E-state index in [4.69, 9.17) is 16.3 Å². The van der Waals surface area contributed by atoms with Gasteiger partial charge >= 0.3 is 0 Å². The van der Waals surface area contributed by atoms with Crippen molar-refractivity contribution in [3.63, 3.8) is 0 Å². The molecular weight excluding hydrogens is 398 g/mol. The Kier molecular flexibility index (Phi) is 6.30. The van der Waals surface area contributed by atoms with Crippen molar-refractivity contribution < 1.29 is 17.9 Å². The van der Waals surface area contributed by atoms with Gasteiger partial charge in [0.25, 0.3) is 5.91 Å². The lowest BCUT2D eigenvalue weighted by Crippen LogP contribution is -2.43. The van der Waals surface area contributed by atoms with Crippen molar-refractivity contribution in [2.45, 2.75) is 32.9 Å². The van der Waals surface area contributed by atoms with Crippen LogP contribution < -0.4 is 4.74 Å². The molecule has 0 aliphatic carbocycles. The second kappa shape index (κ2) is 8.53. The zero-order chi connectivity index (χ0) is 20.3. The number of amides is 1. The topological polar surface area (TPSA) is 63.7 Å². The average molecular weight is 422 g/mol. The molecule has 0 radical (unpaired) electrons. The number of carbonyl (C=O) groups is 1. The lowest BCUT2D eigenvalue weighted by Gasteiger charge is -2.28. The average Bonchev–Trinajstić information content (AvgIpc) is 2.99. The van der Waals surface area contributed by atoms with Crippen LogP contribution in [0.2, 0.25) is 5.02 Å². The number of nitrogens with zero attached hydrogens (tertiary/aromatic N) is 1. The number of ether oxygens (including phenoxy) is 1. The molecule has 0 bridgehead atoms. The maximum atomic E-state index is 12.9. The Morgan fingerprint density at radius 3 is 2.50 bits per heavy atom. The molecule has 0 N–H and O–H groups in total. The number of hydrogen-bond acceptors (Lipinski definition) is 4. The minimum atomic E-state index is -3.10. The monoisotopic (exact) mass is 421 g/mol. The molecule has 1 unspecified atom stereocenters. The highest BCUT2D eigenvalue weighted by molar-refractivity contribution is 7.91. The summed E-state index contributed by atoms with van der Waals surface area (Å²) < 4.78 is 29.6. The minimum absolute atomic E-state index is 0.00454. The molecule has 1 heterocycles. The van der Waals surface area contributed by atoms with E-state index >= 15 is 0 Å². The number of benzene rings is 2. The van der Waals surface area contributed by atoms with Crippen molar-refractivity contribution in [1.82, 2.24) is 4.90 Å². The summed E-state index contributed by atoms with van der Waals surface area (Å²) in [7, 11) is -3.10. The van der Waals surface area contributed by atoms with Crippen LogP contribution in [0.3, 0.4) is 0 Å². The summed E-state index contributed by atoms with van der Waals surface area (Å²) in [6, 6.07) is 12.8. The van der Waals surface area contributed by atoms with E-state index in [1.165, 1.54) is 0 Å². The first-order valence-electron chi connectivity index (χ1n) is 9.18. The van der Waals surface area contributed by atoms with Gasteiger partial charge in [-0.15, -0.1) is 0 Å². The van der Waals surface area contributed by atoms with E-state index in [0.29, 0.717) is 23.7 Å². The number of hydrogen-bond donors (Lipinski definition) is 0. The maximum Gasteiger partial charge on any atom is 0.261 e. The second-order valence-electron chi connectivity index (χ2n) is 7.26. The predicted molar refractivity (Wildman–Crippen MR) is 110 cm³/mol. The third kappa shape index (κ3) is 5.26. The largest absolute Gasteiger partial charge is 0.483 e. The molecule has 2 aromatic rings.